The minimum atomic E-state index is -0.889. The summed E-state index contributed by atoms with van der Waals surface area (Å²) in [4.78, 5) is 24.0. The zero-order valence-electron chi connectivity index (χ0n) is 12.9. The zero-order valence-corrected chi connectivity index (χ0v) is 13.7. The number of hydrogen-bond acceptors (Lipinski definition) is 3. The van der Waals surface area contributed by atoms with Gasteiger partial charge in [-0.25, -0.2) is 4.39 Å². The van der Waals surface area contributed by atoms with Crippen LogP contribution in [0.15, 0.2) is 29.2 Å². The Morgan fingerprint density at radius 3 is 2.32 bits per heavy atom. The summed E-state index contributed by atoms with van der Waals surface area (Å²) in [5, 5.41) is 12.0. The van der Waals surface area contributed by atoms with E-state index in [-0.39, 0.29) is 18.3 Å². The average molecular weight is 327 g/mol. The molecular weight excluding hydrogens is 305 g/mol. The van der Waals surface area contributed by atoms with E-state index in [4.69, 9.17) is 0 Å². The van der Waals surface area contributed by atoms with E-state index in [1.807, 2.05) is 13.8 Å². The lowest BCUT2D eigenvalue weighted by Gasteiger charge is -2.26. The third kappa shape index (κ3) is 5.33. The maximum atomic E-state index is 12.8. The summed E-state index contributed by atoms with van der Waals surface area (Å²) in [6, 6.07) is 6.10. The molecule has 6 heteroatoms. The lowest BCUT2D eigenvalue weighted by Crippen LogP contribution is -2.42. The number of carboxylic acids is 1. The van der Waals surface area contributed by atoms with E-state index in [2.05, 4.69) is 5.32 Å². The Hall–Kier alpha value is -1.56. The van der Waals surface area contributed by atoms with E-state index in [9.17, 15) is 19.1 Å². The normalized spacial score (nSPS) is 11.2. The molecular formula is C16H22FNO3S. The fourth-order valence-corrected chi connectivity index (χ4v) is 2.88. The molecule has 0 saturated carbocycles. The Balaban J connectivity index is 2.37. The number of carbonyl (C=O) groups is 2. The van der Waals surface area contributed by atoms with Gasteiger partial charge in [0.1, 0.15) is 5.82 Å². The topological polar surface area (TPSA) is 66.4 Å². The fraction of sp³-hybridized carbons (Fsp3) is 0.500. The highest BCUT2D eigenvalue weighted by atomic mass is 32.2. The molecule has 0 unspecified atom stereocenters. The molecule has 0 atom stereocenters. The molecule has 0 spiro atoms. The third-order valence-electron chi connectivity index (χ3n) is 3.84. The Morgan fingerprint density at radius 2 is 1.82 bits per heavy atom. The van der Waals surface area contributed by atoms with Gasteiger partial charge >= 0.3 is 5.97 Å². The van der Waals surface area contributed by atoms with E-state index in [1.54, 1.807) is 12.1 Å². The van der Waals surface area contributed by atoms with Crippen molar-refractivity contribution in [3.05, 3.63) is 30.1 Å². The second-order valence-electron chi connectivity index (χ2n) is 5.12. The minimum Gasteiger partial charge on any atom is -0.481 e. The van der Waals surface area contributed by atoms with Crippen LogP contribution in [-0.4, -0.2) is 29.3 Å². The molecule has 22 heavy (non-hydrogen) atoms. The molecule has 0 saturated heterocycles. The van der Waals surface area contributed by atoms with Gasteiger partial charge in [0.15, 0.2) is 0 Å². The van der Waals surface area contributed by atoms with Crippen LogP contribution in [0.25, 0.3) is 0 Å². The van der Waals surface area contributed by atoms with Crippen molar-refractivity contribution >= 4 is 23.6 Å². The van der Waals surface area contributed by atoms with E-state index in [1.165, 1.54) is 23.9 Å². The molecule has 2 N–H and O–H groups in total. The summed E-state index contributed by atoms with van der Waals surface area (Å²) >= 11 is 1.46. The van der Waals surface area contributed by atoms with Gasteiger partial charge in [0, 0.05) is 23.6 Å². The molecule has 4 nitrogen and oxygen atoms in total. The first-order valence-electron chi connectivity index (χ1n) is 7.32. The monoisotopic (exact) mass is 327 g/mol. The first kappa shape index (κ1) is 18.5. The Kier molecular flexibility index (Phi) is 7.38. The second-order valence-corrected chi connectivity index (χ2v) is 6.29. The number of benzene rings is 1. The third-order valence-corrected chi connectivity index (χ3v) is 4.86. The van der Waals surface area contributed by atoms with Gasteiger partial charge in [0.25, 0.3) is 0 Å². The summed E-state index contributed by atoms with van der Waals surface area (Å²) in [5.41, 5.74) is -0.889. The molecule has 0 aliphatic heterocycles. The van der Waals surface area contributed by atoms with Gasteiger partial charge in [-0.05, 0) is 37.1 Å². The lowest BCUT2D eigenvalue weighted by molar-refractivity contribution is -0.149. The number of halogens is 1. The van der Waals surface area contributed by atoms with E-state index >= 15 is 0 Å². The van der Waals surface area contributed by atoms with Crippen molar-refractivity contribution in [2.75, 3.05) is 12.3 Å². The highest BCUT2D eigenvalue weighted by molar-refractivity contribution is 7.99. The molecule has 1 amide bonds. The van der Waals surface area contributed by atoms with E-state index in [0.717, 1.165) is 4.90 Å². The fourth-order valence-electron chi connectivity index (χ4n) is 2.03. The lowest BCUT2D eigenvalue weighted by atomic mass is 9.82. The number of nitrogens with one attached hydrogen (secondary N) is 1. The van der Waals surface area contributed by atoms with Gasteiger partial charge in [-0.15, -0.1) is 11.8 Å². The van der Waals surface area contributed by atoms with Crippen LogP contribution in [0.2, 0.25) is 0 Å². The summed E-state index contributed by atoms with van der Waals surface area (Å²) < 4.78 is 12.8. The maximum absolute atomic E-state index is 12.8. The number of thioether (sulfide) groups is 1. The first-order valence-corrected chi connectivity index (χ1v) is 8.30. The van der Waals surface area contributed by atoms with Crippen LogP contribution in [0, 0.1) is 11.2 Å². The Labute approximate surface area is 134 Å². The van der Waals surface area contributed by atoms with Crippen molar-refractivity contribution in [3.8, 4) is 0 Å². The van der Waals surface area contributed by atoms with E-state index in [0.29, 0.717) is 25.0 Å². The van der Waals surface area contributed by atoms with Gasteiger partial charge in [0.2, 0.25) is 5.91 Å². The summed E-state index contributed by atoms with van der Waals surface area (Å²) in [7, 11) is 0. The van der Waals surface area contributed by atoms with Gasteiger partial charge < -0.3 is 10.4 Å². The molecule has 1 aromatic rings. The predicted molar refractivity (Wildman–Crippen MR) is 85.4 cm³/mol. The molecule has 0 fully saturated rings. The standard InChI is InChI=1S/C16H22FNO3S/c1-3-16(4-2,15(20)21)11-18-14(19)9-10-22-13-7-5-12(17)6-8-13/h5-8H,3-4,9-11H2,1-2H3,(H,18,19)(H,20,21). The summed E-state index contributed by atoms with van der Waals surface area (Å²) in [6.07, 6.45) is 1.25. The number of carbonyl (C=O) groups excluding carboxylic acids is 1. The average Bonchev–Trinajstić information content (AvgIpc) is 2.50. The molecule has 0 aliphatic rings. The van der Waals surface area contributed by atoms with Crippen LogP contribution in [0.4, 0.5) is 4.39 Å². The molecule has 0 bridgehead atoms. The van der Waals surface area contributed by atoms with Crippen LogP contribution in [-0.2, 0) is 9.59 Å². The zero-order chi connectivity index (χ0) is 16.6. The molecule has 0 heterocycles. The van der Waals surface area contributed by atoms with Gasteiger partial charge in [0.05, 0.1) is 5.41 Å². The van der Waals surface area contributed by atoms with Crippen LogP contribution >= 0.6 is 11.8 Å². The van der Waals surface area contributed by atoms with Crippen molar-refractivity contribution in [2.45, 2.75) is 38.0 Å². The molecule has 0 radical (unpaired) electrons. The highest BCUT2D eigenvalue weighted by Gasteiger charge is 2.34. The SMILES string of the molecule is CCC(CC)(CNC(=O)CCSc1ccc(F)cc1)C(=O)O. The number of rotatable bonds is 9. The highest BCUT2D eigenvalue weighted by Crippen LogP contribution is 2.25. The van der Waals surface area contributed by atoms with Gasteiger partial charge in [-0.3, -0.25) is 9.59 Å². The second kappa shape index (κ2) is 8.78. The number of amides is 1. The van der Waals surface area contributed by atoms with Crippen LogP contribution in [0.1, 0.15) is 33.1 Å². The van der Waals surface area contributed by atoms with E-state index < -0.39 is 11.4 Å². The molecule has 122 valence electrons. The molecule has 1 aromatic carbocycles. The minimum absolute atomic E-state index is 0.148. The quantitative estimate of drug-likeness (QED) is 0.683. The van der Waals surface area contributed by atoms with Gasteiger partial charge in [-0.1, -0.05) is 13.8 Å². The number of hydrogen-bond donors (Lipinski definition) is 2. The Bertz CT molecular complexity index is 501. The van der Waals surface area contributed by atoms with Crippen molar-refractivity contribution < 1.29 is 19.1 Å². The van der Waals surface area contributed by atoms with Crippen LogP contribution in [0.3, 0.4) is 0 Å². The van der Waals surface area contributed by atoms with Crippen molar-refractivity contribution in [3.63, 3.8) is 0 Å². The Morgan fingerprint density at radius 1 is 1.23 bits per heavy atom. The largest absolute Gasteiger partial charge is 0.481 e. The number of carboxylic acid groups (broad SMARTS) is 1. The van der Waals surface area contributed by atoms with Crippen LogP contribution in [0.5, 0.6) is 0 Å². The smallest absolute Gasteiger partial charge is 0.311 e. The maximum Gasteiger partial charge on any atom is 0.311 e. The predicted octanol–water partition coefficient (Wildman–Crippen LogP) is 3.32. The molecule has 0 aromatic heterocycles. The first-order chi connectivity index (χ1) is 10.4. The van der Waals surface area contributed by atoms with Gasteiger partial charge in [-0.2, -0.15) is 0 Å². The van der Waals surface area contributed by atoms with Crippen LogP contribution < -0.4 is 5.32 Å². The van der Waals surface area contributed by atoms with Crippen molar-refractivity contribution in [1.82, 2.24) is 5.32 Å². The summed E-state index contributed by atoms with van der Waals surface area (Å²) in [5.74, 6) is -0.762. The molecule has 1 rings (SSSR count). The molecule has 0 aliphatic carbocycles. The summed E-state index contributed by atoms with van der Waals surface area (Å²) in [6.45, 7) is 3.78. The number of aliphatic carboxylic acids is 1. The van der Waals surface area contributed by atoms with Crippen molar-refractivity contribution in [1.29, 1.82) is 0 Å². The van der Waals surface area contributed by atoms with Crippen molar-refractivity contribution in [2.24, 2.45) is 5.41 Å².